The highest BCUT2D eigenvalue weighted by Gasteiger charge is 2.58. The zero-order chi connectivity index (χ0) is 20.4. The van der Waals surface area contributed by atoms with E-state index in [9.17, 15) is 9.59 Å². The number of hydrogen-bond donors (Lipinski definition) is 1. The van der Waals surface area contributed by atoms with Crippen molar-refractivity contribution in [3.63, 3.8) is 0 Å². The molecule has 1 amide bonds. The highest BCUT2D eigenvalue weighted by molar-refractivity contribution is 5.86. The van der Waals surface area contributed by atoms with E-state index in [0.717, 1.165) is 35.1 Å². The van der Waals surface area contributed by atoms with E-state index >= 15 is 4.39 Å². The lowest BCUT2D eigenvalue weighted by Crippen LogP contribution is -2.54. The van der Waals surface area contributed by atoms with Crippen molar-refractivity contribution in [2.45, 2.75) is 70.4 Å². The van der Waals surface area contributed by atoms with Gasteiger partial charge in [-0.3, -0.25) is 9.59 Å². The van der Waals surface area contributed by atoms with E-state index in [2.05, 4.69) is 10.5 Å². The Morgan fingerprint density at radius 3 is 2.48 bits per heavy atom. The van der Waals surface area contributed by atoms with Gasteiger partial charge in [-0.25, -0.2) is 9.82 Å². The molecule has 1 heterocycles. The van der Waals surface area contributed by atoms with Crippen LogP contribution >= 0.6 is 0 Å². The molecule has 4 bridgehead atoms. The number of rotatable bonds is 4. The van der Waals surface area contributed by atoms with E-state index in [4.69, 9.17) is 0 Å². The fraction of sp³-hybridized carbons (Fsp3) is 0.609. The summed E-state index contributed by atoms with van der Waals surface area (Å²) < 4.78 is 15.2. The maximum absolute atomic E-state index is 15.2. The van der Waals surface area contributed by atoms with Crippen LogP contribution in [0, 0.1) is 17.3 Å². The molecule has 2 unspecified atom stereocenters. The molecule has 0 spiro atoms. The third-order valence-corrected chi connectivity index (χ3v) is 7.26. The molecule has 6 heteroatoms. The van der Waals surface area contributed by atoms with Crippen LogP contribution in [0.4, 0.5) is 4.39 Å². The Morgan fingerprint density at radius 1 is 1.21 bits per heavy atom. The van der Waals surface area contributed by atoms with Crippen molar-refractivity contribution in [2.24, 2.45) is 17.3 Å². The Labute approximate surface area is 169 Å². The van der Waals surface area contributed by atoms with E-state index < -0.39 is 5.67 Å². The molecule has 4 saturated carbocycles. The number of aromatic nitrogens is 2. The fourth-order valence-electron chi connectivity index (χ4n) is 6.76. The molecule has 0 aliphatic heterocycles. The number of fused-ring (bicyclic) bond motifs is 1. The minimum atomic E-state index is -1.09. The van der Waals surface area contributed by atoms with E-state index in [0.29, 0.717) is 36.5 Å². The molecule has 4 fully saturated rings. The summed E-state index contributed by atoms with van der Waals surface area (Å²) in [4.78, 5) is 26.9. The number of carbonyl (C=O) groups is 1. The van der Waals surface area contributed by atoms with Gasteiger partial charge in [-0.05, 0) is 67.8 Å². The van der Waals surface area contributed by atoms with Crippen LogP contribution in [0.25, 0.3) is 10.8 Å². The molecule has 0 radical (unpaired) electrons. The minimum absolute atomic E-state index is 0.109. The van der Waals surface area contributed by atoms with Crippen LogP contribution < -0.4 is 11.0 Å². The summed E-state index contributed by atoms with van der Waals surface area (Å²) >= 11 is 0. The molecule has 1 N–H and O–H groups in total. The van der Waals surface area contributed by atoms with Crippen LogP contribution in [0.5, 0.6) is 0 Å². The summed E-state index contributed by atoms with van der Waals surface area (Å²) in [7, 11) is 0. The molecule has 4 aliphatic carbocycles. The first kappa shape index (κ1) is 18.8. The summed E-state index contributed by atoms with van der Waals surface area (Å²) in [5.74, 6) is 0.680. The van der Waals surface area contributed by atoms with Gasteiger partial charge in [-0.1, -0.05) is 32.0 Å². The topological polar surface area (TPSA) is 64.0 Å². The van der Waals surface area contributed by atoms with Crippen LogP contribution in [-0.2, 0) is 4.79 Å². The number of carbonyl (C=O) groups excluding carboxylic acids is 1. The van der Waals surface area contributed by atoms with Crippen LogP contribution in [-0.4, -0.2) is 21.5 Å². The van der Waals surface area contributed by atoms with Gasteiger partial charge in [0.05, 0.1) is 11.1 Å². The van der Waals surface area contributed by atoms with Crippen molar-refractivity contribution < 1.29 is 9.18 Å². The third kappa shape index (κ3) is 3.17. The summed E-state index contributed by atoms with van der Waals surface area (Å²) in [6, 6.07) is 7.36. The second-order valence-corrected chi connectivity index (χ2v) is 10.1. The largest absolute Gasteiger partial charge is 0.294 e. The van der Waals surface area contributed by atoms with Gasteiger partial charge in [0.1, 0.15) is 5.67 Å². The molecular formula is C23H28FN3O2. The van der Waals surface area contributed by atoms with Crippen molar-refractivity contribution in [3.8, 4) is 0 Å². The molecule has 154 valence electrons. The van der Waals surface area contributed by atoms with Crippen LogP contribution in [0.1, 0.15) is 70.4 Å². The quantitative estimate of drug-likeness (QED) is 0.837. The van der Waals surface area contributed by atoms with Crippen LogP contribution in [0.15, 0.2) is 29.1 Å². The molecule has 5 nitrogen and oxygen atoms in total. The van der Waals surface area contributed by atoms with Gasteiger partial charge >= 0.3 is 0 Å². The second-order valence-electron chi connectivity index (χ2n) is 10.1. The van der Waals surface area contributed by atoms with Crippen molar-refractivity contribution >= 4 is 16.7 Å². The monoisotopic (exact) mass is 397 g/mol. The maximum atomic E-state index is 15.2. The highest BCUT2D eigenvalue weighted by atomic mass is 19.1. The lowest BCUT2D eigenvalue weighted by atomic mass is 9.47. The number of alkyl halides is 1. The first-order valence-corrected chi connectivity index (χ1v) is 10.8. The fourth-order valence-corrected chi connectivity index (χ4v) is 6.76. The molecule has 29 heavy (non-hydrogen) atoms. The van der Waals surface area contributed by atoms with Crippen LogP contribution in [0.2, 0.25) is 0 Å². The Morgan fingerprint density at radius 2 is 1.86 bits per heavy atom. The minimum Gasteiger partial charge on any atom is -0.273 e. The number of nitrogens with one attached hydrogen (secondary N) is 1. The summed E-state index contributed by atoms with van der Waals surface area (Å²) in [5.41, 5.74) is 1.82. The van der Waals surface area contributed by atoms with Gasteiger partial charge in [0, 0.05) is 11.8 Å². The maximum Gasteiger partial charge on any atom is 0.294 e. The standard InChI is InChI=1S/C23H28FN3O2/c1-14(2)20-17-5-3-4-6-18(17)21(29)27(26-20)25-19(28)12-22-8-15-7-16(9-22)11-23(24,10-15)13-22/h3-6,14-16H,7-13H2,1-2H3,(H,25,28). The zero-order valence-electron chi connectivity index (χ0n) is 17.1. The summed E-state index contributed by atoms with van der Waals surface area (Å²) in [6.07, 6.45) is 5.05. The Kier molecular flexibility index (Phi) is 4.13. The number of hydrogen-bond acceptors (Lipinski definition) is 3. The van der Waals surface area contributed by atoms with Gasteiger partial charge < -0.3 is 0 Å². The van der Waals surface area contributed by atoms with Crippen molar-refractivity contribution in [2.75, 3.05) is 5.43 Å². The number of nitrogens with zero attached hydrogens (tertiary/aromatic N) is 2. The molecule has 2 aromatic rings. The molecular weight excluding hydrogens is 369 g/mol. The predicted octanol–water partition coefficient (Wildman–Crippen LogP) is 4.29. The van der Waals surface area contributed by atoms with E-state index in [1.807, 2.05) is 32.0 Å². The molecule has 1 aromatic carbocycles. The SMILES string of the molecule is CC(C)c1nn(NC(=O)CC23CC4CC(CC(F)(C4)C2)C3)c(=O)c2ccccc12. The highest BCUT2D eigenvalue weighted by Crippen LogP contribution is 2.64. The van der Waals surface area contributed by atoms with Gasteiger partial charge in [0.15, 0.2) is 0 Å². The van der Waals surface area contributed by atoms with Gasteiger partial charge in [0.2, 0.25) is 5.91 Å². The number of amides is 1. The first-order chi connectivity index (χ1) is 13.8. The molecule has 1 aromatic heterocycles. The van der Waals surface area contributed by atoms with E-state index in [-0.39, 0.29) is 29.2 Å². The lowest BCUT2D eigenvalue weighted by Gasteiger charge is -2.59. The van der Waals surface area contributed by atoms with Crippen molar-refractivity contribution in [1.29, 1.82) is 0 Å². The van der Waals surface area contributed by atoms with Gasteiger partial charge in [-0.2, -0.15) is 5.10 Å². The third-order valence-electron chi connectivity index (χ3n) is 7.26. The molecule has 0 saturated heterocycles. The van der Waals surface area contributed by atoms with Crippen molar-refractivity contribution in [1.82, 2.24) is 9.89 Å². The molecule has 2 atom stereocenters. The second kappa shape index (κ2) is 6.38. The summed E-state index contributed by atoms with van der Waals surface area (Å²) in [6.45, 7) is 4.03. The number of halogens is 1. The molecule has 4 aliphatic rings. The van der Waals surface area contributed by atoms with E-state index in [1.54, 1.807) is 6.07 Å². The predicted molar refractivity (Wildman–Crippen MR) is 110 cm³/mol. The number of benzene rings is 1. The average molecular weight is 397 g/mol. The van der Waals surface area contributed by atoms with Crippen molar-refractivity contribution in [3.05, 3.63) is 40.3 Å². The summed E-state index contributed by atoms with van der Waals surface area (Å²) in [5, 5.41) is 5.81. The van der Waals surface area contributed by atoms with Crippen LogP contribution in [0.3, 0.4) is 0 Å². The smallest absolute Gasteiger partial charge is 0.273 e. The molecule has 6 rings (SSSR count). The Bertz CT molecular complexity index is 1030. The Hall–Kier alpha value is -2.24. The average Bonchev–Trinajstić information content (AvgIpc) is 2.61. The zero-order valence-corrected chi connectivity index (χ0v) is 17.1. The first-order valence-electron chi connectivity index (χ1n) is 10.8. The van der Waals surface area contributed by atoms with E-state index in [1.165, 1.54) is 0 Å². The van der Waals surface area contributed by atoms with Gasteiger partial charge in [0.25, 0.3) is 5.56 Å². The Balaban J connectivity index is 1.42. The normalized spacial score (nSPS) is 32.8. The lowest BCUT2D eigenvalue weighted by molar-refractivity contribution is -0.140. The van der Waals surface area contributed by atoms with Gasteiger partial charge in [-0.15, -0.1) is 4.79 Å².